The monoisotopic (exact) mass is 342 g/mol. The van der Waals surface area contributed by atoms with Gasteiger partial charge in [0.05, 0.1) is 13.1 Å². The summed E-state index contributed by atoms with van der Waals surface area (Å²) in [6.07, 6.45) is 7.16. The molecule has 0 aromatic heterocycles. The van der Waals surface area contributed by atoms with Crippen LogP contribution < -0.4 is 5.32 Å². The summed E-state index contributed by atoms with van der Waals surface area (Å²) >= 11 is 0. The minimum atomic E-state index is -0.148. The molecule has 1 aromatic carbocycles. The molecule has 25 heavy (non-hydrogen) atoms. The number of imide groups is 1. The molecule has 1 saturated carbocycles. The molecule has 1 saturated heterocycles. The van der Waals surface area contributed by atoms with E-state index in [1.54, 1.807) is 0 Å². The third-order valence-corrected chi connectivity index (χ3v) is 5.22. The first-order valence-electron chi connectivity index (χ1n) is 9.32. The molecule has 0 atom stereocenters. The number of hydrogen-bond donors (Lipinski definition) is 1. The van der Waals surface area contributed by atoms with Crippen molar-refractivity contribution in [3.05, 3.63) is 35.4 Å². The molecule has 0 radical (unpaired) electrons. The maximum absolute atomic E-state index is 12.5. The van der Waals surface area contributed by atoms with Gasteiger partial charge in [0.1, 0.15) is 0 Å². The fourth-order valence-electron chi connectivity index (χ4n) is 3.73. The van der Waals surface area contributed by atoms with Crippen molar-refractivity contribution in [2.75, 3.05) is 19.6 Å². The molecule has 5 nitrogen and oxygen atoms in total. The third kappa shape index (κ3) is 4.54. The predicted octanol–water partition coefficient (Wildman–Crippen LogP) is 2.34. The lowest BCUT2D eigenvalue weighted by Gasteiger charge is -2.25. The van der Waals surface area contributed by atoms with E-state index in [9.17, 15) is 14.4 Å². The highest BCUT2D eigenvalue weighted by atomic mass is 16.2. The van der Waals surface area contributed by atoms with Gasteiger partial charge in [-0.05, 0) is 31.2 Å². The van der Waals surface area contributed by atoms with Crippen LogP contribution >= 0.6 is 0 Å². The molecule has 134 valence electrons. The quantitative estimate of drug-likeness (QED) is 0.636. The molecule has 1 N–H and O–H groups in total. The van der Waals surface area contributed by atoms with E-state index in [2.05, 4.69) is 5.32 Å². The van der Waals surface area contributed by atoms with Gasteiger partial charge in [-0.2, -0.15) is 0 Å². The Hall–Kier alpha value is -2.01. The summed E-state index contributed by atoms with van der Waals surface area (Å²) in [5, 5.41) is 2.79. The van der Waals surface area contributed by atoms with Crippen LogP contribution in [0, 0.1) is 5.92 Å². The summed E-state index contributed by atoms with van der Waals surface area (Å²) in [6, 6.07) is 7.84. The van der Waals surface area contributed by atoms with Gasteiger partial charge in [-0.15, -0.1) is 0 Å². The smallest absolute Gasteiger partial charge is 0.243 e. The molecule has 0 bridgehead atoms. The summed E-state index contributed by atoms with van der Waals surface area (Å²) in [7, 11) is 0. The molecule has 1 aromatic rings. The van der Waals surface area contributed by atoms with Crippen molar-refractivity contribution in [1.82, 2.24) is 10.2 Å². The zero-order valence-electron chi connectivity index (χ0n) is 14.6. The number of aryl methyl sites for hydroxylation is 1. The van der Waals surface area contributed by atoms with Crippen LogP contribution in [0.3, 0.4) is 0 Å². The Morgan fingerprint density at radius 1 is 1.00 bits per heavy atom. The Labute approximate surface area is 148 Å². The molecule has 5 heteroatoms. The van der Waals surface area contributed by atoms with Crippen molar-refractivity contribution in [3.8, 4) is 0 Å². The number of nitrogens with one attached hydrogen (secondary N) is 1. The van der Waals surface area contributed by atoms with Crippen LogP contribution in [0.4, 0.5) is 0 Å². The lowest BCUT2D eigenvalue weighted by Crippen LogP contribution is -2.52. The first kappa shape index (κ1) is 17.8. The van der Waals surface area contributed by atoms with Crippen LogP contribution in [0.15, 0.2) is 24.3 Å². The van der Waals surface area contributed by atoms with Gasteiger partial charge in [0, 0.05) is 18.0 Å². The van der Waals surface area contributed by atoms with E-state index in [1.807, 2.05) is 24.3 Å². The number of amides is 2. The van der Waals surface area contributed by atoms with Crippen LogP contribution in [-0.2, 0) is 16.0 Å². The van der Waals surface area contributed by atoms with Gasteiger partial charge in [0.15, 0.2) is 5.78 Å². The van der Waals surface area contributed by atoms with Gasteiger partial charge in [0.25, 0.3) is 0 Å². The fourth-order valence-corrected chi connectivity index (χ4v) is 3.73. The molecule has 1 heterocycles. The summed E-state index contributed by atoms with van der Waals surface area (Å²) in [5.74, 6) is 0.182. The lowest BCUT2D eigenvalue weighted by atomic mass is 9.84. The summed E-state index contributed by atoms with van der Waals surface area (Å²) in [4.78, 5) is 37.3. The van der Waals surface area contributed by atoms with E-state index in [-0.39, 0.29) is 36.6 Å². The normalized spacial score (nSPS) is 19.3. The number of benzene rings is 1. The second kappa shape index (κ2) is 8.39. The maximum atomic E-state index is 12.5. The van der Waals surface area contributed by atoms with Crippen LogP contribution in [0.2, 0.25) is 0 Å². The van der Waals surface area contributed by atoms with Crippen molar-refractivity contribution < 1.29 is 14.4 Å². The van der Waals surface area contributed by atoms with E-state index < -0.39 is 0 Å². The van der Waals surface area contributed by atoms with E-state index in [4.69, 9.17) is 0 Å². The van der Waals surface area contributed by atoms with Crippen LogP contribution in [0.5, 0.6) is 0 Å². The standard InChI is InChI=1S/C20H26N2O3/c23-18-13-21-14-19(24)22(18)12-4-5-15-8-10-17(11-9-15)20(25)16-6-2-1-3-7-16/h8-11,16,21H,1-7,12-14H2. The number of ketones is 1. The molecular formula is C20H26N2O3. The summed E-state index contributed by atoms with van der Waals surface area (Å²) < 4.78 is 0. The highest BCUT2D eigenvalue weighted by Gasteiger charge is 2.25. The zero-order valence-corrected chi connectivity index (χ0v) is 14.6. The van der Waals surface area contributed by atoms with Crippen molar-refractivity contribution in [2.24, 2.45) is 5.92 Å². The molecule has 2 aliphatic rings. The topological polar surface area (TPSA) is 66.5 Å². The van der Waals surface area contributed by atoms with Gasteiger partial charge >= 0.3 is 0 Å². The van der Waals surface area contributed by atoms with Gasteiger partial charge in [-0.1, -0.05) is 43.5 Å². The van der Waals surface area contributed by atoms with Gasteiger partial charge in [-0.25, -0.2) is 0 Å². The second-order valence-corrected chi connectivity index (χ2v) is 7.04. The first-order chi connectivity index (χ1) is 12.1. The molecule has 1 aliphatic heterocycles. The average Bonchev–Trinajstić information content (AvgIpc) is 2.65. The Morgan fingerprint density at radius 2 is 1.64 bits per heavy atom. The Balaban J connectivity index is 1.49. The SMILES string of the molecule is O=C(c1ccc(CCCN2C(=O)CNCC2=O)cc1)C1CCCCC1. The van der Waals surface area contributed by atoms with Crippen LogP contribution in [0.1, 0.15) is 54.4 Å². The van der Waals surface area contributed by atoms with Crippen molar-refractivity contribution >= 4 is 17.6 Å². The van der Waals surface area contributed by atoms with Crippen molar-refractivity contribution in [2.45, 2.75) is 44.9 Å². The molecule has 0 spiro atoms. The number of carbonyl (C=O) groups is 3. The fraction of sp³-hybridized carbons (Fsp3) is 0.550. The number of Topliss-reactive ketones (excluding diaryl/α,β-unsaturated/α-hetero) is 1. The molecule has 3 rings (SSSR count). The summed E-state index contributed by atoms with van der Waals surface area (Å²) in [6.45, 7) is 0.940. The number of piperazine rings is 1. The Bertz CT molecular complexity index is 617. The molecule has 1 aliphatic carbocycles. The minimum absolute atomic E-state index is 0.148. The largest absolute Gasteiger partial charge is 0.300 e. The third-order valence-electron chi connectivity index (χ3n) is 5.22. The van der Waals surface area contributed by atoms with E-state index in [0.29, 0.717) is 6.54 Å². The molecular weight excluding hydrogens is 316 g/mol. The number of carbonyl (C=O) groups excluding carboxylic acids is 3. The average molecular weight is 342 g/mol. The van der Waals surface area contributed by atoms with Crippen LogP contribution in [-0.4, -0.2) is 42.1 Å². The van der Waals surface area contributed by atoms with E-state index >= 15 is 0 Å². The van der Waals surface area contributed by atoms with E-state index in [0.717, 1.165) is 49.7 Å². The Kier molecular flexibility index (Phi) is 5.97. The highest BCUT2D eigenvalue weighted by molar-refractivity contribution is 5.99. The summed E-state index contributed by atoms with van der Waals surface area (Å²) in [5.41, 5.74) is 1.94. The van der Waals surface area contributed by atoms with Crippen molar-refractivity contribution in [3.63, 3.8) is 0 Å². The highest BCUT2D eigenvalue weighted by Crippen LogP contribution is 2.27. The number of hydrogen-bond acceptors (Lipinski definition) is 4. The maximum Gasteiger partial charge on any atom is 0.243 e. The van der Waals surface area contributed by atoms with E-state index in [1.165, 1.54) is 11.3 Å². The second-order valence-electron chi connectivity index (χ2n) is 7.04. The lowest BCUT2D eigenvalue weighted by molar-refractivity contribution is -0.146. The zero-order chi connectivity index (χ0) is 17.6. The van der Waals surface area contributed by atoms with Crippen molar-refractivity contribution in [1.29, 1.82) is 0 Å². The Morgan fingerprint density at radius 3 is 2.28 bits per heavy atom. The van der Waals surface area contributed by atoms with Gasteiger partial charge < -0.3 is 0 Å². The predicted molar refractivity (Wildman–Crippen MR) is 95.3 cm³/mol. The molecule has 2 amide bonds. The van der Waals surface area contributed by atoms with Gasteiger partial charge in [-0.3, -0.25) is 24.6 Å². The van der Waals surface area contributed by atoms with Gasteiger partial charge in [0.2, 0.25) is 11.8 Å². The van der Waals surface area contributed by atoms with Crippen LogP contribution in [0.25, 0.3) is 0 Å². The minimum Gasteiger partial charge on any atom is -0.300 e. The first-order valence-corrected chi connectivity index (χ1v) is 9.32. The molecule has 0 unspecified atom stereocenters. The number of rotatable bonds is 6. The number of nitrogens with zero attached hydrogens (tertiary/aromatic N) is 1. The molecule has 2 fully saturated rings.